The molecule has 2 aliphatic rings. The highest BCUT2D eigenvalue weighted by Gasteiger charge is 2.31. The third-order valence-corrected chi connectivity index (χ3v) is 5.31. The van der Waals surface area contributed by atoms with E-state index in [0.29, 0.717) is 5.41 Å². The lowest BCUT2D eigenvalue weighted by molar-refractivity contribution is 0.178. The molecule has 2 heterocycles. The van der Waals surface area contributed by atoms with Crippen molar-refractivity contribution < 1.29 is 4.74 Å². The molecule has 128 valence electrons. The molecule has 0 radical (unpaired) electrons. The molecule has 4 nitrogen and oxygen atoms in total. The van der Waals surface area contributed by atoms with Crippen LogP contribution in [0.5, 0.6) is 5.75 Å². The van der Waals surface area contributed by atoms with Gasteiger partial charge in [0.15, 0.2) is 0 Å². The maximum Gasteiger partial charge on any atom is 0.118 e. The van der Waals surface area contributed by atoms with Crippen molar-refractivity contribution in [1.82, 2.24) is 15.1 Å². The summed E-state index contributed by atoms with van der Waals surface area (Å²) in [7, 11) is 1.72. The van der Waals surface area contributed by atoms with Crippen molar-refractivity contribution in [3.8, 4) is 5.75 Å². The molecule has 0 aliphatic carbocycles. The van der Waals surface area contributed by atoms with Gasteiger partial charge in [-0.3, -0.25) is 4.90 Å². The molecular weight excluding hydrogens is 286 g/mol. The summed E-state index contributed by atoms with van der Waals surface area (Å²) in [5.41, 5.74) is 1.86. The summed E-state index contributed by atoms with van der Waals surface area (Å²) in [6.07, 6.45) is 2.60. The van der Waals surface area contributed by atoms with Crippen LogP contribution in [0, 0.1) is 5.41 Å². The van der Waals surface area contributed by atoms with E-state index in [2.05, 4.69) is 46.3 Å². The van der Waals surface area contributed by atoms with Crippen LogP contribution >= 0.6 is 0 Å². The van der Waals surface area contributed by atoms with Gasteiger partial charge in [0.2, 0.25) is 0 Å². The van der Waals surface area contributed by atoms with Crippen LogP contribution in [0.15, 0.2) is 24.3 Å². The Hall–Kier alpha value is -1.10. The quantitative estimate of drug-likeness (QED) is 0.901. The number of nitrogens with zero attached hydrogens (tertiary/aromatic N) is 2. The van der Waals surface area contributed by atoms with Crippen molar-refractivity contribution in [1.29, 1.82) is 0 Å². The van der Waals surface area contributed by atoms with Gasteiger partial charge in [-0.25, -0.2) is 0 Å². The highest BCUT2D eigenvalue weighted by atomic mass is 16.5. The van der Waals surface area contributed by atoms with Gasteiger partial charge < -0.3 is 15.0 Å². The van der Waals surface area contributed by atoms with Crippen molar-refractivity contribution in [2.75, 3.05) is 52.9 Å². The zero-order chi connectivity index (χ0) is 16.1. The average Bonchev–Trinajstić information content (AvgIpc) is 2.87. The number of ether oxygens (including phenoxy) is 1. The monoisotopic (exact) mass is 317 g/mol. The van der Waals surface area contributed by atoms with Crippen molar-refractivity contribution in [3.63, 3.8) is 0 Å². The Morgan fingerprint density at radius 1 is 1.09 bits per heavy atom. The Morgan fingerprint density at radius 2 is 1.83 bits per heavy atom. The lowest BCUT2D eigenvalue weighted by Crippen LogP contribution is -2.39. The van der Waals surface area contributed by atoms with E-state index in [1.54, 1.807) is 7.11 Å². The van der Waals surface area contributed by atoms with Crippen molar-refractivity contribution in [2.24, 2.45) is 5.41 Å². The third kappa shape index (κ3) is 4.69. The van der Waals surface area contributed by atoms with Gasteiger partial charge in [0, 0.05) is 32.7 Å². The van der Waals surface area contributed by atoms with Crippen LogP contribution in [0.25, 0.3) is 0 Å². The van der Waals surface area contributed by atoms with Gasteiger partial charge in [-0.05, 0) is 55.6 Å². The fourth-order valence-corrected chi connectivity index (χ4v) is 3.87. The summed E-state index contributed by atoms with van der Waals surface area (Å²) >= 11 is 0. The summed E-state index contributed by atoms with van der Waals surface area (Å²) in [6.45, 7) is 11.9. The van der Waals surface area contributed by atoms with E-state index in [-0.39, 0.29) is 0 Å². The molecule has 2 saturated heterocycles. The van der Waals surface area contributed by atoms with E-state index < -0.39 is 0 Å². The lowest BCUT2D eigenvalue weighted by Gasteiger charge is -2.31. The molecule has 1 aromatic rings. The van der Waals surface area contributed by atoms with Crippen molar-refractivity contribution in [2.45, 2.75) is 26.3 Å². The smallest absolute Gasteiger partial charge is 0.118 e. The topological polar surface area (TPSA) is 27.7 Å². The van der Waals surface area contributed by atoms with Crippen LogP contribution in [-0.2, 0) is 6.54 Å². The number of methoxy groups -OCH3 is 1. The number of hydrogen-bond acceptors (Lipinski definition) is 4. The maximum atomic E-state index is 5.24. The highest BCUT2D eigenvalue weighted by Crippen LogP contribution is 2.26. The molecule has 0 aromatic heterocycles. The molecular formula is C19H31N3O. The summed E-state index contributed by atoms with van der Waals surface area (Å²) in [5.74, 6) is 0.939. The average molecular weight is 317 g/mol. The van der Waals surface area contributed by atoms with E-state index in [1.165, 1.54) is 64.2 Å². The third-order valence-electron chi connectivity index (χ3n) is 5.31. The normalized spacial score (nSPS) is 27.0. The van der Waals surface area contributed by atoms with E-state index in [1.807, 2.05) is 0 Å². The predicted molar refractivity (Wildman–Crippen MR) is 94.9 cm³/mol. The van der Waals surface area contributed by atoms with Crippen LogP contribution in [0.4, 0.5) is 0 Å². The molecule has 1 aromatic carbocycles. The number of rotatable bonds is 5. The fraction of sp³-hybridized carbons (Fsp3) is 0.684. The van der Waals surface area contributed by atoms with Crippen LogP contribution in [0.2, 0.25) is 0 Å². The molecule has 1 N–H and O–H groups in total. The Bertz CT molecular complexity index is 482. The van der Waals surface area contributed by atoms with Gasteiger partial charge in [-0.15, -0.1) is 0 Å². The zero-order valence-corrected chi connectivity index (χ0v) is 14.7. The Morgan fingerprint density at radius 3 is 2.52 bits per heavy atom. The molecule has 3 rings (SSSR count). The second kappa shape index (κ2) is 7.65. The van der Waals surface area contributed by atoms with Crippen LogP contribution in [0.3, 0.4) is 0 Å². The SMILES string of the molecule is COc1ccc(CN2CCCN(CC3(C)CCNC3)CC2)cc1. The maximum absolute atomic E-state index is 5.24. The predicted octanol–water partition coefficient (Wildman–Crippen LogP) is 2.20. The summed E-state index contributed by atoms with van der Waals surface area (Å²) in [4.78, 5) is 5.28. The minimum atomic E-state index is 0.477. The second-order valence-electron chi connectivity index (χ2n) is 7.49. The van der Waals surface area contributed by atoms with E-state index in [9.17, 15) is 0 Å². The van der Waals surface area contributed by atoms with Gasteiger partial charge in [0.05, 0.1) is 7.11 Å². The second-order valence-corrected chi connectivity index (χ2v) is 7.49. The Kier molecular flexibility index (Phi) is 5.57. The lowest BCUT2D eigenvalue weighted by atomic mass is 9.89. The van der Waals surface area contributed by atoms with Crippen molar-refractivity contribution >= 4 is 0 Å². The summed E-state index contributed by atoms with van der Waals surface area (Å²) in [5, 5.41) is 3.52. The molecule has 0 spiro atoms. The first-order chi connectivity index (χ1) is 11.2. The zero-order valence-electron chi connectivity index (χ0n) is 14.7. The minimum absolute atomic E-state index is 0.477. The van der Waals surface area contributed by atoms with Crippen molar-refractivity contribution in [3.05, 3.63) is 29.8 Å². The van der Waals surface area contributed by atoms with E-state index >= 15 is 0 Å². The van der Waals surface area contributed by atoms with Gasteiger partial charge in [-0.1, -0.05) is 19.1 Å². The number of benzene rings is 1. The van der Waals surface area contributed by atoms with E-state index in [0.717, 1.165) is 12.3 Å². The molecule has 1 atom stereocenters. The molecule has 4 heteroatoms. The number of hydrogen-bond donors (Lipinski definition) is 1. The molecule has 2 aliphatic heterocycles. The largest absolute Gasteiger partial charge is 0.497 e. The Labute approximate surface area is 140 Å². The fourth-order valence-electron chi connectivity index (χ4n) is 3.87. The number of nitrogens with one attached hydrogen (secondary N) is 1. The first-order valence-electron chi connectivity index (χ1n) is 8.95. The standard InChI is InChI=1S/C19H31N3O/c1-19(8-9-20-15-19)16-22-11-3-10-21(12-13-22)14-17-4-6-18(23-2)7-5-17/h4-7,20H,3,8-16H2,1-2H3. The molecule has 0 saturated carbocycles. The molecule has 0 amide bonds. The molecule has 2 fully saturated rings. The van der Waals surface area contributed by atoms with Crippen LogP contribution in [-0.4, -0.2) is 62.7 Å². The first-order valence-corrected chi connectivity index (χ1v) is 8.95. The summed E-state index contributed by atoms with van der Waals surface area (Å²) in [6, 6.07) is 8.50. The van der Waals surface area contributed by atoms with Gasteiger partial charge >= 0.3 is 0 Å². The Balaban J connectivity index is 1.49. The van der Waals surface area contributed by atoms with Gasteiger partial charge in [0.1, 0.15) is 5.75 Å². The van der Waals surface area contributed by atoms with Gasteiger partial charge in [0.25, 0.3) is 0 Å². The molecule has 23 heavy (non-hydrogen) atoms. The van der Waals surface area contributed by atoms with Crippen LogP contribution in [0.1, 0.15) is 25.3 Å². The first kappa shape index (κ1) is 16.7. The van der Waals surface area contributed by atoms with E-state index in [4.69, 9.17) is 4.74 Å². The highest BCUT2D eigenvalue weighted by molar-refractivity contribution is 5.27. The van der Waals surface area contributed by atoms with Gasteiger partial charge in [-0.2, -0.15) is 0 Å². The summed E-state index contributed by atoms with van der Waals surface area (Å²) < 4.78 is 5.24. The molecule has 1 unspecified atom stereocenters. The molecule has 0 bridgehead atoms. The minimum Gasteiger partial charge on any atom is -0.497 e. The van der Waals surface area contributed by atoms with Crippen LogP contribution < -0.4 is 10.1 Å².